The molecule has 0 bridgehead atoms. The van der Waals surface area contributed by atoms with Crippen molar-refractivity contribution in [2.75, 3.05) is 19.4 Å². The fourth-order valence-electron chi connectivity index (χ4n) is 3.56. The molecule has 1 amide bonds. The van der Waals surface area contributed by atoms with Gasteiger partial charge in [-0.25, -0.2) is 17.7 Å². The monoisotopic (exact) mass is 496 g/mol. The molecular weight excluding hydrogens is 472 g/mol. The first-order valence-corrected chi connectivity index (χ1v) is 12.9. The Morgan fingerprint density at radius 1 is 1.12 bits per heavy atom. The lowest BCUT2D eigenvalue weighted by Crippen LogP contribution is -2.33. The lowest BCUT2D eigenvalue weighted by Gasteiger charge is -2.18. The van der Waals surface area contributed by atoms with Crippen LogP contribution >= 0.6 is 11.3 Å². The van der Waals surface area contributed by atoms with Gasteiger partial charge in [0.15, 0.2) is 0 Å². The Morgan fingerprint density at radius 2 is 1.79 bits per heavy atom. The van der Waals surface area contributed by atoms with Crippen LogP contribution in [0.15, 0.2) is 76.7 Å². The third-order valence-electron chi connectivity index (χ3n) is 5.46. The number of carbonyl (C=O) groups excluding carboxylic acids is 1. The van der Waals surface area contributed by atoms with Crippen LogP contribution in [0.1, 0.15) is 19.4 Å². The number of hydrogen-bond donors (Lipinski definition) is 1. The van der Waals surface area contributed by atoms with E-state index in [1.807, 2.05) is 43.3 Å². The van der Waals surface area contributed by atoms with Crippen LogP contribution in [0.5, 0.6) is 0 Å². The molecule has 2 heterocycles. The Hall–Kier alpha value is -3.34. The van der Waals surface area contributed by atoms with Crippen LogP contribution in [0, 0.1) is 0 Å². The Balaban J connectivity index is 1.60. The fourth-order valence-corrected chi connectivity index (χ4v) is 5.46. The van der Waals surface area contributed by atoms with Gasteiger partial charge in [0.2, 0.25) is 15.9 Å². The summed E-state index contributed by atoms with van der Waals surface area (Å²) in [5, 5.41) is 3.24. The molecule has 0 saturated heterocycles. The number of hydrogen-bond acceptors (Lipinski definition) is 6. The van der Waals surface area contributed by atoms with Gasteiger partial charge >= 0.3 is 0 Å². The highest BCUT2D eigenvalue weighted by Gasteiger charge is 2.23. The first kappa shape index (κ1) is 23.8. The number of benzene rings is 2. The van der Waals surface area contributed by atoms with Gasteiger partial charge in [-0.05, 0) is 42.3 Å². The molecule has 1 unspecified atom stereocenters. The van der Waals surface area contributed by atoms with Gasteiger partial charge < -0.3 is 5.32 Å². The van der Waals surface area contributed by atoms with E-state index in [0.717, 1.165) is 14.7 Å². The normalized spacial score (nSPS) is 12.7. The van der Waals surface area contributed by atoms with E-state index in [2.05, 4.69) is 10.3 Å². The second kappa shape index (κ2) is 9.49. The summed E-state index contributed by atoms with van der Waals surface area (Å²) < 4.78 is 26.9. The maximum absolute atomic E-state index is 13.2. The van der Waals surface area contributed by atoms with E-state index >= 15 is 0 Å². The Bertz CT molecular complexity index is 1490. The summed E-state index contributed by atoms with van der Waals surface area (Å²) >= 11 is 1.43. The fraction of sp³-hybridized carbons (Fsp3) is 0.208. The summed E-state index contributed by atoms with van der Waals surface area (Å²) in [6, 6.07) is 16.7. The molecular formula is C24H24N4O4S2. The first-order chi connectivity index (χ1) is 16.2. The molecule has 2 aromatic carbocycles. The lowest BCUT2D eigenvalue weighted by atomic mass is 10.1. The van der Waals surface area contributed by atoms with Crippen LogP contribution in [0.2, 0.25) is 0 Å². The molecule has 0 aliphatic rings. The predicted molar refractivity (Wildman–Crippen MR) is 135 cm³/mol. The molecule has 0 spiro atoms. The largest absolute Gasteiger partial charge is 0.324 e. The number of thiophene rings is 1. The summed E-state index contributed by atoms with van der Waals surface area (Å²) in [4.78, 5) is 32.4. The van der Waals surface area contributed by atoms with Crippen molar-refractivity contribution in [3.63, 3.8) is 0 Å². The summed E-state index contributed by atoms with van der Waals surface area (Å²) in [5.74, 6) is -0.382. The van der Waals surface area contributed by atoms with Crippen molar-refractivity contribution >= 4 is 43.2 Å². The van der Waals surface area contributed by atoms with Gasteiger partial charge in [-0.15, -0.1) is 11.3 Å². The maximum Gasteiger partial charge on any atom is 0.262 e. The highest BCUT2D eigenvalue weighted by Crippen LogP contribution is 2.31. The summed E-state index contributed by atoms with van der Waals surface area (Å²) in [7, 11) is -0.655. The minimum absolute atomic E-state index is 0.125. The van der Waals surface area contributed by atoms with E-state index < -0.39 is 16.1 Å². The zero-order chi connectivity index (χ0) is 24.5. The van der Waals surface area contributed by atoms with E-state index in [1.54, 1.807) is 0 Å². The summed E-state index contributed by atoms with van der Waals surface area (Å²) in [6.07, 6.45) is 1.79. The van der Waals surface area contributed by atoms with Crippen LogP contribution in [-0.4, -0.2) is 42.3 Å². The Morgan fingerprint density at radius 3 is 2.41 bits per heavy atom. The van der Waals surface area contributed by atoms with Crippen molar-refractivity contribution in [2.45, 2.75) is 24.3 Å². The van der Waals surface area contributed by atoms with Gasteiger partial charge in [0, 0.05) is 24.7 Å². The molecule has 0 saturated carbocycles. The van der Waals surface area contributed by atoms with Crippen LogP contribution in [0.4, 0.5) is 5.69 Å². The van der Waals surface area contributed by atoms with Crippen molar-refractivity contribution in [1.82, 2.24) is 13.9 Å². The number of carbonyl (C=O) groups is 1. The number of anilines is 1. The third kappa shape index (κ3) is 4.52. The standard InChI is InChI=1S/C24H24N4O4S2/c1-4-20(22(29)26-17-10-12-18(13-11-17)34(31,32)27(2)3)28-15-25-23-19(24(28)30)14-21(33-23)16-8-6-5-7-9-16/h5-15,20H,4H2,1-3H3,(H,26,29). The maximum atomic E-state index is 13.2. The summed E-state index contributed by atoms with van der Waals surface area (Å²) in [5.41, 5.74) is 1.16. The van der Waals surface area contributed by atoms with E-state index in [4.69, 9.17) is 0 Å². The molecule has 0 radical (unpaired) electrons. The van der Waals surface area contributed by atoms with Crippen molar-refractivity contribution in [3.8, 4) is 10.4 Å². The minimum atomic E-state index is -3.56. The van der Waals surface area contributed by atoms with Gasteiger partial charge in [0.1, 0.15) is 10.9 Å². The van der Waals surface area contributed by atoms with E-state index in [9.17, 15) is 18.0 Å². The van der Waals surface area contributed by atoms with Crippen LogP contribution in [0.3, 0.4) is 0 Å². The highest BCUT2D eigenvalue weighted by atomic mass is 32.2. The molecule has 10 heteroatoms. The van der Waals surface area contributed by atoms with Crippen LogP contribution < -0.4 is 10.9 Å². The average molecular weight is 497 g/mol. The molecule has 1 atom stereocenters. The third-order valence-corrected chi connectivity index (χ3v) is 8.38. The van der Waals surface area contributed by atoms with E-state index in [0.29, 0.717) is 22.3 Å². The Labute approximate surface area is 201 Å². The van der Waals surface area contributed by atoms with Crippen LogP contribution in [0.25, 0.3) is 20.7 Å². The number of aromatic nitrogens is 2. The number of rotatable bonds is 7. The van der Waals surface area contributed by atoms with Crippen molar-refractivity contribution in [3.05, 3.63) is 77.3 Å². The first-order valence-electron chi connectivity index (χ1n) is 10.6. The molecule has 8 nitrogen and oxygen atoms in total. The van der Waals surface area contributed by atoms with Crippen LogP contribution in [-0.2, 0) is 14.8 Å². The quantitative estimate of drug-likeness (QED) is 0.417. The molecule has 34 heavy (non-hydrogen) atoms. The smallest absolute Gasteiger partial charge is 0.262 e. The second-order valence-corrected chi connectivity index (χ2v) is 11.1. The molecule has 4 aromatic rings. The lowest BCUT2D eigenvalue weighted by molar-refractivity contribution is -0.119. The minimum Gasteiger partial charge on any atom is -0.324 e. The zero-order valence-electron chi connectivity index (χ0n) is 18.9. The number of nitrogens with one attached hydrogen (secondary N) is 1. The van der Waals surface area contributed by atoms with Gasteiger partial charge in [-0.3, -0.25) is 14.2 Å². The molecule has 4 rings (SSSR count). The van der Waals surface area contributed by atoms with E-state index in [-0.39, 0.29) is 16.4 Å². The van der Waals surface area contributed by atoms with Gasteiger partial charge in [0.05, 0.1) is 16.6 Å². The van der Waals surface area contributed by atoms with E-state index in [1.165, 1.54) is 60.6 Å². The number of sulfonamides is 1. The summed E-state index contributed by atoms with van der Waals surface area (Å²) in [6.45, 7) is 1.82. The number of nitrogens with zero attached hydrogens (tertiary/aromatic N) is 3. The number of fused-ring (bicyclic) bond motifs is 1. The molecule has 176 valence electrons. The average Bonchev–Trinajstić information content (AvgIpc) is 3.27. The number of amides is 1. The second-order valence-electron chi connectivity index (χ2n) is 7.88. The highest BCUT2D eigenvalue weighted by molar-refractivity contribution is 7.89. The van der Waals surface area contributed by atoms with Crippen molar-refractivity contribution < 1.29 is 13.2 Å². The van der Waals surface area contributed by atoms with Gasteiger partial charge in [0.25, 0.3) is 5.56 Å². The zero-order valence-corrected chi connectivity index (χ0v) is 20.6. The Kier molecular flexibility index (Phi) is 6.65. The van der Waals surface area contributed by atoms with Crippen molar-refractivity contribution in [2.24, 2.45) is 0 Å². The molecule has 0 aliphatic heterocycles. The molecule has 1 N–H and O–H groups in total. The van der Waals surface area contributed by atoms with Gasteiger partial charge in [-0.1, -0.05) is 37.3 Å². The molecule has 2 aromatic heterocycles. The van der Waals surface area contributed by atoms with Gasteiger partial charge in [-0.2, -0.15) is 0 Å². The SMILES string of the molecule is CCC(C(=O)Nc1ccc(S(=O)(=O)N(C)C)cc1)n1cnc2sc(-c3ccccc3)cc2c1=O. The molecule has 0 fully saturated rings. The predicted octanol–water partition coefficient (Wildman–Crippen LogP) is 3.97. The van der Waals surface area contributed by atoms with Crippen molar-refractivity contribution in [1.29, 1.82) is 0 Å². The topological polar surface area (TPSA) is 101 Å². The molecule has 0 aliphatic carbocycles.